The van der Waals surface area contributed by atoms with Crippen LogP contribution in [0, 0.1) is 25.2 Å². The molecule has 0 N–H and O–H groups in total. The summed E-state index contributed by atoms with van der Waals surface area (Å²) in [4.78, 5) is 0. The van der Waals surface area contributed by atoms with Crippen LogP contribution in [0.3, 0.4) is 0 Å². The monoisotopic (exact) mass is 228 g/mol. The normalized spacial score (nSPS) is 9.94. The Morgan fingerprint density at radius 1 is 1.35 bits per heavy atom. The second-order valence-corrected chi connectivity index (χ2v) is 3.70. The summed E-state index contributed by atoms with van der Waals surface area (Å²) in [7, 11) is 0. The standard InChI is InChI=1S/C13H12N2O2/c1-9-12(10(2)17-15-9)8-16-13-6-4-3-5-11(13)7-14/h3-6H,8H2,1-2H3. The topological polar surface area (TPSA) is 59.1 Å². The Balaban J connectivity index is 2.16. The maximum atomic E-state index is 8.92. The number of aromatic nitrogens is 1. The van der Waals surface area contributed by atoms with Crippen LogP contribution in [-0.4, -0.2) is 5.16 Å². The highest BCUT2D eigenvalue weighted by atomic mass is 16.5. The Kier molecular flexibility index (Phi) is 3.10. The van der Waals surface area contributed by atoms with E-state index in [9.17, 15) is 0 Å². The molecule has 0 saturated carbocycles. The number of rotatable bonds is 3. The minimum absolute atomic E-state index is 0.361. The fourth-order valence-electron chi connectivity index (χ4n) is 1.54. The van der Waals surface area contributed by atoms with E-state index in [1.165, 1.54) is 0 Å². The molecule has 4 heteroatoms. The molecule has 0 bridgehead atoms. The average Bonchev–Trinajstić information content (AvgIpc) is 2.67. The molecule has 86 valence electrons. The predicted octanol–water partition coefficient (Wildman–Crippen LogP) is 2.74. The van der Waals surface area contributed by atoms with E-state index >= 15 is 0 Å². The van der Waals surface area contributed by atoms with Gasteiger partial charge < -0.3 is 9.26 Å². The van der Waals surface area contributed by atoms with E-state index in [1.54, 1.807) is 18.2 Å². The summed E-state index contributed by atoms with van der Waals surface area (Å²) in [6.45, 7) is 4.07. The molecule has 0 amide bonds. The molecule has 2 aromatic rings. The lowest BCUT2D eigenvalue weighted by Crippen LogP contribution is -1.99. The Hall–Kier alpha value is -2.28. The van der Waals surface area contributed by atoms with Gasteiger partial charge in [-0.3, -0.25) is 0 Å². The number of hydrogen-bond donors (Lipinski definition) is 0. The Morgan fingerprint density at radius 3 is 2.76 bits per heavy atom. The van der Waals surface area contributed by atoms with Gasteiger partial charge >= 0.3 is 0 Å². The third-order valence-electron chi connectivity index (χ3n) is 2.56. The number of hydrogen-bond acceptors (Lipinski definition) is 4. The molecular formula is C13H12N2O2. The van der Waals surface area contributed by atoms with Crippen molar-refractivity contribution in [3.63, 3.8) is 0 Å². The molecule has 0 spiro atoms. The van der Waals surface area contributed by atoms with Crippen LogP contribution in [0.15, 0.2) is 28.8 Å². The molecule has 0 aliphatic rings. The molecule has 4 nitrogen and oxygen atoms in total. The third-order valence-corrected chi connectivity index (χ3v) is 2.56. The molecule has 0 atom stereocenters. The summed E-state index contributed by atoms with van der Waals surface area (Å²) in [5.74, 6) is 1.33. The number of nitrogens with zero attached hydrogens (tertiary/aromatic N) is 2. The van der Waals surface area contributed by atoms with Crippen molar-refractivity contribution >= 4 is 0 Å². The fourth-order valence-corrected chi connectivity index (χ4v) is 1.54. The largest absolute Gasteiger partial charge is 0.487 e. The Morgan fingerprint density at radius 2 is 2.12 bits per heavy atom. The van der Waals surface area contributed by atoms with E-state index in [0.29, 0.717) is 17.9 Å². The first kappa shape index (κ1) is 11.2. The smallest absolute Gasteiger partial charge is 0.140 e. The van der Waals surface area contributed by atoms with Crippen molar-refractivity contribution in [3.8, 4) is 11.8 Å². The van der Waals surface area contributed by atoms with E-state index < -0.39 is 0 Å². The van der Waals surface area contributed by atoms with Crippen LogP contribution in [0.4, 0.5) is 0 Å². The van der Waals surface area contributed by atoms with E-state index in [-0.39, 0.29) is 0 Å². The van der Waals surface area contributed by atoms with Crippen LogP contribution < -0.4 is 4.74 Å². The van der Waals surface area contributed by atoms with E-state index in [4.69, 9.17) is 14.5 Å². The molecule has 2 rings (SSSR count). The molecule has 0 aliphatic heterocycles. The minimum Gasteiger partial charge on any atom is -0.487 e. The highest BCUT2D eigenvalue weighted by Crippen LogP contribution is 2.20. The van der Waals surface area contributed by atoms with Gasteiger partial charge in [0.2, 0.25) is 0 Å². The first-order chi connectivity index (χ1) is 8.22. The van der Waals surface area contributed by atoms with Gasteiger partial charge in [0.25, 0.3) is 0 Å². The molecule has 0 unspecified atom stereocenters. The second kappa shape index (κ2) is 4.71. The Bertz CT molecular complexity index is 548. The molecular weight excluding hydrogens is 216 g/mol. The number of para-hydroxylation sites is 1. The van der Waals surface area contributed by atoms with Crippen LogP contribution >= 0.6 is 0 Å². The van der Waals surface area contributed by atoms with Gasteiger partial charge in [-0.25, -0.2) is 0 Å². The molecule has 17 heavy (non-hydrogen) atoms. The van der Waals surface area contributed by atoms with Crippen molar-refractivity contribution in [2.45, 2.75) is 20.5 Å². The fraction of sp³-hybridized carbons (Fsp3) is 0.231. The quantitative estimate of drug-likeness (QED) is 0.810. The number of aryl methyl sites for hydroxylation is 2. The zero-order valence-corrected chi connectivity index (χ0v) is 9.73. The molecule has 0 fully saturated rings. The lowest BCUT2D eigenvalue weighted by molar-refractivity contribution is 0.301. The SMILES string of the molecule is Cc1noc(C)c1COc1ccccc1C#N. The van der Waals surface area contributed by atoms with Gasteiger partial charge in [-0.2, -0.15) is 5.26 Å². The third kappa shape index (κ3) is 2.28. The maximum Gasteiger partial charge on any atom is 0.140 e. The summed E-state index contributed by atoms with van der Waals surface area (Å²) >= 11 is 0. The highest BCUT2D eigenvalue weighted by molar-refractivity contribution is 5.42. The summed E-state index contributed by atoms with van der Waals surface area (Å²) in [5, 5.41) is 12.8. The zero-order valence-electron chi connectivity index (χ0n) is 9.73. The second-order valence-electron chi connectivity index (χ2n) is 3.70. The maximum absolute atomic E-state index is 8.92. The molecule has 1 aromatic heterocycles. The van der Waals surface area contributed by atoms with Gasteiger partial charge in [0, 0.05) is 0 Å². The number of benzene rings is 1. The summed E-state index contributed by atoms with van der Waals surface area (Å²) in [5.41, 5.74) is 2.27. The number of nitriles is 1. The van der Waals surface area contributed by atoms with Gasteiger partial charge in [0.1, 0.15) is 24.2 Å². The van der Waals surface area contributed by atoms with Gasteiger partial charge in [-0.15, -0.1) is 0 Å². The molecule has 0 radical (unpaired) electrons. The van der Waals surface area contributed by atoms with Crippen molar-refractivity contribution in [2.24, 2.45) is 0 Å². The number of ether oxygens (including phenoxy) is 1. The van der Waals surface area contributed by atoms with Crippen molar-refractivity contribution in [1.29, 1.82) is 5.26 Å². The first-order valence-corrected chi connectivity index (χ1v) is 5.26. The van der Waals surface area contributed by atoms with Crippen molar-refractivity contribution in [3.05, 3.63) is 46.8 Å². The van der Waals surface area contributed by atoms with Gasteiger partial charge in [-0.05, 0) is 26.0 Å². The molecule has 0 aliphatic carbocycles. The summed E-state index contributed by atoms with van der Waals surface area (Å²) in [6, 6.07) is 9.23. The first-order valence-electron chi connectivity index (χ1n) is 5.26. The predicted molar refractivity (Wildman–Crippen MR) is 61.5 cm³/mol. The molecule has 1 aromatic carbocycles. The van der Waals surface area contributed by atoms with Crippen molar-refractivity contribution in [1.82, 2.24) is 5.16 Å². The van der Waals surface area contributed by atoms with Crippen LogP contribution in [0.2, 0.25) is 0 Å². The lowest BCUT2D eigenvalue weighted by atomic mass is 10.2. The summed E-state index contributed by atoms with van der Waals surface area (Å²) < 4.78 is 10.7. The van der Waals surface area contributed by atoms with Crippen molar-refractivity contribution < 1.29 is 9.26 Å². The van der Waals surface area contributed by atoms with Gasteiger partial charge in [0.05, 0.1) is 16.8 Å². The van der Waals surface area contributed by atoms with Crippen LogP contribution in [0.1, 0.15) is 22.6 Å². The van der Waals surface area contributed by atoms with E-state index in [2.05, 4.69) is 11.2 Å². The average molecular weight is 228 g/mol. The zero-order chi connectivity index (χ0) is 12.3. The molecule has 1 heterocycles. The lowest BCUT2D eigenvalue weighted by Gasteiger charge is -2.06. The van der Waals surface area contributed by atoms with Gasteiger partial charge in [0.15, 0.2) is 0 Å². The van der Waals surface area contributed by atoms with E-state index in [0.717, 1.165) is 17.0 Å². The van der Waals surface area contributed by atoms with Crippen LogP contribution in [-0.2, 0) is 6.61 Å². The highest BCUT2D eigenvalue weighted by Gasteiger charge is 2.10. The van der Waals surface area contributed by atoms with Crippen LogP contribution in [0.25, 0.3) is 0 Å². The molecule has 0 saturated heterocycles. The van der Waals surface area contributed by atoms with Crippen molar-refractivity contribution in [2.75, 3.05) is 0 Å². The summed E-state index contributed by atoms with van der Waals surface area (Å²) in [6.07, 6.45) is 0. The van der Waals surface area contributed by atoms with E-state index in [1.807, 2.05) is 19.9 Å². The Labute approximate surface area is 99.4 Å². The van der Waals surface area contributed by atoms with Gasteiger partial charge in [-0.1, -0.05) is 17.3 Å². The van der Waals surface area contributed by atoms with Crippen LogP contribution in [0.5, 0.6) is 5.75 Å². The minimum atomic E-state index is 0.361.